The first-order valence-electron chi connectivity index (χ1n) is 7.03. The van der Waals surface area contributed by atoms with Crippen LogP contribution >= 0.6 is 23.5 Å². The van der Waals surface area contributed by atoms with E-state index in [1.807, 2.05) is 54.8 Å². The quantitative estimate of drug-likeness (QED) is 0.709. The molecule has 0 radical (unpaired) electrons. The number of carbonyl (C=O) groups is 1. The minimum absolute atomic E-state index is 0.0528. The standard InChI is InChI=1S/C17H15N3OS2/c1-22-14-7-4-6-13(9-14)19-16(21)11-23-17-15-8-3-2-5-12(15)10-18-20-17/h2-10H,11H2,1H3,(H,19,21). The molecule has 6 heteroatoms. The SMILES string of the molecule is CSc1cccc(NC(=O)CSc2nncc3ccccc23)c1. The van der Waals surface area contributed by atoms with Gasteiger partial charge in [-0.15, -0.1) is 16.9 Å². The predicted octanol–water partition coefficient (Wildman–Crippen LogP) is 4.08. The van der Waals surface area contributed by atoms with Crippen LogP contribution in [-0.4, -0.2) is 28.1 Å². The van der Waals surface area contributed by atoms with Gasteiger partial charge < -0.3 is 5.32 Å². The van der Waals surface area contributed by atoms with Gasteiger partial charge in [0.25, 0.3) is 0 Å². The molecule has 0 saturated carbocycles. The second-order valence-electron chi connectivity index (χ2n) is 4.81. The zero-order chi connectivity index (χ0) is 16.1. The summed E-state index contributed by atoms with van der Waals surface area (Å²) in [4.78, 5) is 13.3. The van der Waals surface area contributed by atoms with Gasteiger partial charge in [0.15, 0.2) is 0 Å². The molecule has 0 atom stereocenters. The van der Waals surface area contributed by atoms with Crippen LogP contribution < -0.4 is 5.32 Å². The van der Waals surface area contributed by atoms with E-state index < -0.39 is 0 Å². The highest BCUT2D eigenvalue weighted by atomic mass is 32.2. The van der Waals surface area contributed by atoms with Crippen molar-refractivity contribution in [3.63, 3.8) is 0 Å². The first-order valence-corrected chi connectivity index (χ1v) is 9.24. The van der Waals surface area contributed by atoms with Crippen molar-refractivity contribution in [2.45, 2.75) is 9.92 Å². The third kappa shape index (κ3) is 4.03. The molecule has 0 aliphatic carbocycles. The van der Waals surface area contributed by atoms with Gasteiger partial charge in [0.05, 0.1) is 11.9 Å². The Morgan fingerprint density at radius 3 is 2.91 bits per heavy atom. The number of thioether (sulfide) groups is 2. The topological polar surface area (TPSA) is 54.9 Å². The molecule has 1 heterocycles. The van der Waals surface area contributed by atoms with Gasteiger partial charge in [0.2, 0.25) is 5.91 Å². The molecular weight excluding hydrogens is 326 g/mol. The van der Waals surface area contributed by atoms with E-state index in [2.05, 4.69) is 15.5 Å². The minimum Gasteiger partial charge on any atom is -0.325 e. The normalized spacial score (nSPS) is 10.7. The average molecular weight is 341 g/mol. The lowest BCUT2D eigenvalue weighted by molar-refractivity contribution is -0.113. The molecule has 2 aromatic carbocycles. The summed E-state index contributed by atoms with van der Waals surface area (Å²) in [7, 11) is 0. The summed E-state index contributed by atoms with van der Waals surface area (Å²) in [6, 6.07) is 15.7. The Labute approximate surface area is 143 Å². The summed E-state index contributed by atoms with van der Waals surface area (Å²) in [5.74, 6) is 0.245. The van der Waals surface area contributed by atoms with E-state index in [0.717, 1.165) is 26.4 Å². The van der Waals surface area contributed by atoms with Crippen molar-refractivity contribution in [3.05, 3.63) is 54.7 Å². The molecule has 23 heavy (non-hydrogen) atoms. The maximum Gasteiger partial charge on any atom is 0.234 e. The van der Waals surface area contributed by atoms with Crippen molar-refractivity contribution in [2.24, 2.45) is 0 Å². The van der Waals surface area contributed by atoms with E-state index in [9.17, 15) is 4.79 Å². The lowest BCUT2D eigenvalue weighted by Gasteiger charge is -2.07. The smallest absolute Gasteiger partial charge is 0.234 e. The Hall–Kier alpha value is -2.05. The molecule has 0 aliphatic rings. The fourth-order valence-corrected chi connectivity index (χ4v) is 3.39. The minimum atomic E-state index is -0.0528. The first-order chi connectivity index (χ1) is 11.3. The second-order valence-corrected chi connectivity index (χ2v) is 6.65. The van der Waals surface area contributed by atoms with Gasteiger partial charge in [0.1, 0.15) is 5.03 Å². The van der Waals surface area contributed by atoms with E-state index in [0.29, 0.717) is 5.75 Å². The molecule has 0 saturated heterocycles. The summed E-state index contributed by atoms with van der Waals surface area (Å²) >= 11 is 3.04. The van der Waals surface area contributed by atoms with Crippen molar-refractivity contribution in [1.82, 2.24) is 10.2 Å². The third-order valence-electron chi connectivity index (χ3n) is 3.23. The number of amides is 1. The third-order valence-corrected chi connectivity index (χ3v) is 4.94. The number of rotatable bonds is 5. The number of anilines is 1. The number of hydrogen-bond acceptors (Lipinski definition) is 5. The number of hydrogen-bond donors (Lipinski definition) is 1. The average Bonchev–Trinajstić information content (AvgIpc) is 2.60. The summed E-state index contributed by atoms with van der Waals surface area (Å²) in [5, 5.41) is 13.9. The van der Waals surface area contributed by atoms with Crippen LogP contribution in [0.5, 0.6) is 0 Å². The molecule has 116 valence electrons. The zero-order valence-electron chi connectivity index (χ0n) is 12.5. The van der Waals surface area contributed by atoms with Gasteiger partial charge in [0, 0.05) is 21.4 Å². The van der Waals surface area contributed by atoms with Gasteiger partial charge in [-0.3, -0.25) is 4.79 Å². The maximum atomic E-state index is 12.1. The molecule has 1 amide bonds. The van der Waals surface area contributed by atoms with Gasteiger partial charge in [-0.1, -0.05) is 42.1 Å². The largest absolute Gasteiger partial charge is 0.325 e. The molecule has 1 aromatic heterocycles. The molecule has 3 aromatic rings. The molecule has 3 rings (SSSR count). The molecule has 0 bridgehead atoms. The molecule has 4 nitrogen and oxygen atoms in total. The summed E-state index contributed by atoms with van der Waals surface area (Å²) in [6.07, 6.45) is 3.74. The van der Waals surface area contributed by atoms with Gasteiger partial charge in [-0.25, -0.2) is 0 Å². The molecule has 0 spiro atoms. The van der Waals surface area contributed by atoms with Gasteiger partial charge in [-0.05, 0) is 24.5 Å². The Morgan fingerprint density at radius 1 is 1.17 bits per heavy atom. The lowest BCUT2D eigenvalue weighted by atomic mass is 10.2. The number of nitrogens with one attached hydrogen (secondary N) is 1. The molecule has 0 fully saturated rings. The summed E-state index contributed by atoms with van der Waals surface area (Å²) < 4.78 is 0. The highest BCUT2D eigenvalue weighted by Crippen LogP contribution is 2.25. The van der Waals surface area contributed by atoms with Crippen LogP contribution in [0, 0.1) is 0 Å². The first kappa shape index (κ1) is 15.8. The Morgan fingerprint density at radius 2 is 2.04 bits per heavy atom. The van der Waals surface area contributed by atoms with E-state index in [-0.39, 0.29) is 5.91 Å². The predicted molar refractivity (Wildman–Crippen MR) is 97.1 cm³/mol. The fourth-order valence-electron chi connectivity index (χ4n) is 2.14. The van der Waals surface area contributed by atoms with Crippen molar-refractivity contribution >= 4 is 45.9 Å². The van der Waals surface area contributed by atoms with Crippen LogP contribution in [0.2, 0.25) is 0 Å². The highest BCUT2D eigenvalue weighted by Gasteiger charge is 2.08. The van der Waals surface area contributed by atoms with Crippen LogP contribution in [0.25, 0.3) is 10.8 Å². The van der Waals surface area contributed by atoms with Crippen molar-refractivity contribution in [1.29, 1.82) is 0 Å². The van der Waals surface area contributed by atoms with Crippen LogP contribution in [-0.2, 0) is 4.79 Å². The zero-order valence-corrected chi connectivity index (χ0v) is 14.2. The summed E-state index contributed by atoms with van der Waals surface area (Å²) in [6.45, 7) is 0. The lowest BCUT2D eigenvalue weighted by Crippen LogP contribution is -2.14. The Kier molecular flexibility index (Phi) is 5.15. The maximum absolute atomic E-state index is 12.1. The fraction of sp³-hybridized carbons (Fsp3) is 0.118. The van der Waals surface area contributed by atoms with Crippen molar-refractivity contribution in [3.8, 4) is 0 Å². The number of benzene rings is 2. The van der Waals surface area contributed by atoms with E-state index in [1.54, 1.807) is 18.0 Å². The highest BCUT2D eigenvalue weighted by molar-refractivity contribution is 8.00. The molecule has 0 aliphatic heterocycles. The number of aromatic nitrogens is 2. The van der Waals surface area contributed by atoms with E-state index in [4.69, 9.17) is 0 Å². The number of fused-ring (bicyclic) bond motifs is 1. The monoisotopic (exact) mass is 341 g/mol. The van der Waals surface area contributed by atoms with Gasteiger partial charge in [-0.2, -0.15) is 5.10 Å². The van der Waals surface area contributed by atoms with Crippen molar-refractivity contribution < 1.29 is 4.79 Å². The number of carbonyl (C=O) groups excluding carboxylic acids is 1. The summed E-state index contributed by atoms with van der Waals surface area (Å²) in [5.41, 5.74) is 0.812. The molecule has 1 N–H and O–H groups in total. The van der Waals surface area contributed by atoms with Crippen LogP contribution in [0.1, 0.15) is 0 Å². The molecule has 0 unspecified atom stereocenters. The second kappa shape index (κ2) is 7.48. The Bertz CT molecular complexity index is 833. The van der Waals surface area contributed by atoms with Crippen LogP contribution in [0.3, 0.4) is 0 Å². The van der Waals surface area contributed by atoms with E-state index >= 15 is 0 Å². The van der Waals surface area contributed by atoms with Crippen LogP contribution in [0.15, 0.2) is 64.6 Å². The van der Waals surface area contributed by atoms with E-state index in [1.165, 1.54) is 11.8 Å². The van der Waals surface area contributed by atoms with Gasteiger partial charge >= 0.3 is 0 Å². The molecular formula is C17H15N3OS2. The van der Waals surface area contributed by atoms with Crippen LogP contribution in [0.4, 0.5) is 5.69 Å². The number of nitrogens with zero attached hydrogens (tertiary/aromatic N) is 2. The van der Waals surface area contributed by atoms with Crippen molar-refractivity contribution in [2.75, 3.05) is 17.3 Å². The Balaban J connectivity index is 1.66.